The van der Waals surface area contributed by atoms with Crippen molar-refractivity contribution in [2.24, 2.45) is 0 Å². The summed E-state index contributed by atoms with van der Waals surface area (Å²) in [7, 11) is 1.70. The number of nitrogens with zero attached hydrogens (tertiary/aromatic N) is 2. The highest BCUT2D eigenvalue weighted by Gasteiger charge is 2.00. The minimum absolute atomic E-state index is 0.703. The lowest BCUT2D eigenvalue weighted by molar-refractivity contribution is 0.199. The van der Waals surface area contributed by atoms with E-state index in [9.17, 15) is 0 Å². The molecule has 0 atom stereocenters. The molecule has 0 aliphatic rings. The third-order valence-corrected chi connectivity index (χ3v) is 3.16. The molecule has 0 saturated carbocycles. The van der Waals surface area contributed by atoms with E-state index < -0.39 is 0 Å². The van der Waals surface area contributed by atoms with Crippen molar-refractivity contribution < 1.29 is 9.47 Å². The summed E-state index contributed by atoms with van der Waals surface area (Å²) < 4.78 is 10.7. The highest BCUT2D eigenvalue weighted by atomic mass is 16.5. The lowest BCUT2D eigenvalue weighted by Gasteiger charge is -2.17. The van der Waals surface area contributed by atoms with Crippen LogP contribution in [0, 0.1) is 0 Å². The second-order valence-corrected chi connectivity index (χ2v) is 4.53. The van der Waals surface area contributed by atoms with Crippen molar-refractivity contribution in [1.29, 1.82) is 0 Å². The van der Waals surface area contributed by atoms with Crippen LogP contribution in [-0.2, 0) is 11.3 Å². The van der Waals surface area contributed by atoms with E-state index in [0.717, 1.165) is 44.2 Å². The highest BCUT2D eigenvalue weighted by molar-refractivity contribution is 5.19. The van der Waals surface area contributed by atoms with E-state index in [4.69, 9.17) is 9.47 Å². The van der Waals surface area contributed by atoms with Gasteiger partial charge in [-0.3, -0.25) is 4.98 Å². The molecule has 5 nitrogen and oxygen atoms in total. The van der Waals surface area contributed by atoms with E-state index >= 15 is 0 Å². The van der Waals surface area contributed by atoms with Gasteiger partial charge in [-0.2, -0.15) is 0 Å². The maximum atomic E-state index is 5.69. The Morgan fingerprint density at radius 3 is 2.60 bits per heavy atom. The molecule has 1 rings (SSSR count). The Kier molecular flexibility index (Phi) is 8.95. The Morgan fingerprint density at radius 2 is 2.00 bits per heavy atom. The van der Waals surface area contributed by atoms with E-state index in [-0.39, 0.29) is 0 Å². The number of methoxy groups -OCH3 is 1. The number of hydrogen-bond donors (Lipinski definition) is 1. The van der Waals surface area contributed by atoms with Crippen molar-refractivity contribution in [2.75, 3.05) is 46.5 Å². The van der Waals surface area contributed by atoms with Crippen molar-refractivity contribution in [1.82, 2.24) is 15.2 Å². The molecule has 1 heterocycles. The van der Waals surface area contributed by atoms with Gasteiger partial charge in [0.1, 0.15) is 12.4 Å². The fourth-order valence-corrected chi connectivity index (χ4v) is 1.82. The SMILES string of the molecule is CCN(CC)CCOc1ccc(CNCCOC)nc1. The number of rotatable bonds is 11. The van der Waals surface area contributed by atoms with Gasteiger partial charge in [0.2, 0.25) is 0 Å². The first-order valence-corrected chi connectivity index (χ1v) is 7.29. The number of aromatic nitrogens is 1. The first-order chi connectivity index (χ1) is 9.80. The summed E-state index contributed by atoms with van der Waals surface area (Å²) in [6.07, 6.45) is 1.79. The Labute approximate surface area is 122 Å². The van der Waals surface area contributed by atoms with Crippen molar-refractivity contribution >= 4 is 0 Å². The van der Waals surface area contributed by atoms with Gasteiger partial charge in [-0.1, -0.05) is 13.8 Å². The first kappa shape index (κ1) is 16.9. The van der Waals surface area contributed by atoms with Crippen LogP contribution < -0.4 is 10.1 Å². The molecule has 0 amide bonds. The van der Waals surface area contributed by atoms with Gasteiger partial charge in [-0.05, 0) is 25.2 Å². The van der Waals surface area contributed by atoms with Gasteiger partial charge in [0, 0.05) is 26.7 Å². The fraction of sp³-hybridized carbons (Fsp3) is 0.667. The minimum atomic E-state index is 0.703. The van der Waals surface area contributed by atoms with E-state index in [1.54, 1.807) is 13.3 Å². The summed E-state index contributed by atoms with van der Waals surface area (Å²) in [5.74, 6) is 0.831. The van der Waals surface area contributed by atoms with Gasteiger partial charge in [0.05, 0.1) is 18.5 Å². The molecule has 0 aliphatic carbocycles. The van der Waals surface area contributed by atoms with Crippen LogP contribution in [0.1, 0.15) is 19.5 Å². The summed E-state index contributed by atoms with van der Waals surface area (Å²) in [4.78, 5) is 6.71. The Hall–Kier alpha value is -1.17. The third-order valence-electron chi connectivity index (χ3n) is 3.16. The van der Waals surface area contributed by atoms with Crippen LogP contribution in [-0.4, -0.2) is 56.4 Å². The summed E-state index contributed by atoms with van der Waals surface area (Å²) >= 11 is 0. The smallest absolute Gasteiger partial charge is 0.137 e. The van der Waals surface area contributed by atoms with Crippen molar-refractivity contribution in [3.63, 3.8) is 0 Å². The van der Waals surface area contributed by atoms with Crippen LogP contribution in [0.5, 0.6) is 5.75 Å². The molecular formula is C15H27N3O2. The van der Waals surface area contributed by atoms with E-state index in [2.05, 4.69) is 29.0 Å². The maximum absolute atomic E-state index is 5.69. The number of hydrogen-bond acceptors (Lipinski definition) is 5. The first-order valence-electron chi connectivity index (χ1n) is 7.29. The van der Waals surface area contributed by atoms with Gasteiger partial charge in [0.15, 0.2) is 0 Å². The zero-order valence-corrected chi connectivity index (χ0v) is 12.9. The minimum Gasteiger partial charge on any atom is -0.491 e. The third kappa shape index (κ3) is 6.84. The van der Waals surface area contributed by atoms with E-state index in [1.165, 1.54) is 0 Å². The standard InChI is InChI=1S/C15H27N3O2/c1-4-18(5-2)9-11-20-15-7-6-14(17-13-15)12-16-8-10-19-3/h6-7,13,16H,4-5,8-12H2,1-3H3. The molecule has 1 aromatic rings. The van der Waals surface area contributed by atoms with Crippen LogP contribution in [0.2, 0.25) is 0 Å². The zero-order chi connectivity index (χ0) is 14.6. The maximum Gasteiger partial charge on any atom is 0.137 e. The molecule has 20 heavy (non-hydrogen) atoms. The van der Waals surface area contributed by atoms with E-state index in [1.807, 2.05) is 12.1 Å². The van der Waals surface area contributed by atoms with Crippen LogP contribution in [0.15, 0.2) is 18.3 Å². The van der Waals surface area contributed by atoms with E-state index in [0.29, 0.717) is 13.2 Å². The second kappa shape index (κ2) is 10.6. The predicted molar refractivity (Wildman–Crippen MR) is 81.1 cm³/mol. The van der Waals surface area contributed by atoms with Crippen molar-refractivity contribution in [3.8, 4) is 5.75 Å². The van der Waals surface area contributed by atoms with Crippen molar-refractivity contribution in [2.45, 2.75) is 20.4 Å². The highest BCUT2D eigenvalue weighted by Crippen LogP contribution is 2.09. The molecule has 1 N–H and O–H groups in total. The summed E-state index contributed by atoms with van der Waals surface area (Å²) in [6, 6.07) is 3.97. The average Bonchev–Trinajstić information content (AvgIpc) is 2.49. The van der Waals surface area contributed by atoms with Crippen LogP contribution in [0.25, 0.3) is 0 Å². The van der Waals surface area contributed by atoms with Gasteiger partial charge in [0.25, 0.3) is 0 Å². The molecule has 0 fully saturated rings. The largest absolute Gasteiger partial charge is 0.491 e. The number of pyridine rings is 1. The summed E-state index contributed by atoms with van der Waals surface area (Å²) in [6.45, 7) is 10.4. The molecule has 0 aromatic carbocycles. The average molecular weight is 281 g/mol. The molecule has 0 bridgehead atoms. The lowest BCUT2D eigenvalue weighted by atomic mass is 10.3. The second-order valence-electron chi connectivity index (χ2n) is 4.53. The number of ether oxygens (including phenoxy) is 2. The Morgan fingerprint density at radius 1 is 1.20 bits per heavy atom. The summed E-state index contributed by atoms with van der Waals surface area (Å²) in [5.41, 5.74) is 1.01. The monoisotopic (exact) mass is 281 g/mol. The van der Waals surface area contributed by atoms with Gasteiger partial charge < -0.3 is 19.7 Å². The van der Waals surface area contributed by atoms with Crippen LogP contribution >= 0.6 is 0 Å². The molecule has 114 valence electrons. The molecule has 0 saturated heterocycles. The fourth-order valence-electron chi connectivity index (χ4n) is 1.82. The molecule has 0 spiro atoms. The molecular weight excluding hydrogens is 254 g/mol. The topological polar surface area (TPSA) is 46.6 Å². The molecule has 0 radical (unpaired) electrons. The molecule has 5 heteroatoms. The molecule has 1 aromatic heterocycles. The summed E-state index contributed by atoms with van der Waals surface area (Å²) in [5, 5.41) is 3.26. The number of nitrogens with one attached hydrogen (secondary N) is 1. The molecule has 0 aliphatic heterocycles. The Bertz CT molecular complexity index is 339. The zero-order valence-electron chi connectivity index (χ0n) is 12.9. The normalized spacial score (nSPS) is 11.0. The lowest BCUT2D eigenvalue weighted by Crippen LogP contribution is -2.27. The van der Waals surface area contributed by atoms with Crippen LogP contribution in [0.4, 0.5) is 0 Å². The number of likely N-dealkylation sites (N-methyl/N-ethyl adjacent to an activating group) is 1. The van der Waals surface area contributed by atoms with Gasteiger partial charge in [-0.25, -0.2) is 0 Å². The Balaban J connectivity index is 2.24. The van der Waals surface area contributed by atoms with Crippen molar-refractivity contribution in [3.05, 3.63) is 24.0 Å². The quantitative estimate of drug-likeness (QED) is 0.623. The molecule has 0 unspecified atom stereocenters. The van der Waals surface area contributed by atoms with Crippen LogP contribution in [0.3, 0.4) is 0 Å². The predicted octanol–water partition coefficient (Wildman–Crippen LogP) is 1.54. The van der Waals surface area contributed by atoms with Gasteiger partial charge in [-0.15, -0.1) is 0 Å². The van der Waals surface area contributed by atoms with Gasteiger partial charge >= 0.3 is 0 Å².